The molecule has 2 atom stereocenters. The Morgan fingerprint density at radius 3 is 2.71 bits per heavy atom. The maximum Gasteiger partial charge on any atom is 0.322 e. The zero-order valence-corrected chi connectivity index (χ0v) is 13.6. The van der Waals surface area contributed by atoms with Crippen LogP contribution in [0.1, 0.15) is 6.92 Å². The molecular weight excluding hydrogens is 364 g/mol. The molecule has 0 radical (unpaired) electrons. The van der Waals surface area contributed by atoms with Crippen LogP contribution in [0, 0.1) is 10.1 Å². The number of carbonyl (C=O) groups is 1. The summed E-state index contributed by atoms with van der Waals surface area (Å²) in [6.45, 7) is 1.56. The minimum absolute atomic E-state index is 0.122. The van der Waals surface area contributed by atoms with Gasteiger partial charge in [0.05, 0.1) is 10.3 Å². The van der Waals surface area contributed by atoms with E-state index in [0.29, 0.717) is 11.3 Å². The third-order valence-corrected chi connectivity index (χ3v) is 7.94. The highest BCUT2D eigenvalue weighted by Crippen LogP contribution is 2.41. The van der Waals surface area contributed by atoms with Gasteiger partial charge in [-0.05, 0) is 6.92 Å². The lowest BCUT2D eigenvalue weighted by atomic mass is 10.3. The smallest absolute Gasteiger partial charge is 0.322 e. The topological polar surface area (TPSA) is 118 Å². The summed E-state index contributed by atoms with van der Waals surface area (Å²) in [6, 6.07) is -0.341. The summed E-state index contributed by atoms with van der Waals surface area (Å²) in [5.74, 6) is -1.13. The molecule has 0 aromatic carbocycles. The van der Waals surface area contributed by atoms with E-state index in [9.17, 15) is 23.3 Å². The van der Waals surface area contributed by atoms with Gasteiger partial charge in [0, 0.05) is 11.8 Å². The van der Waals surface area contributed by atoms with Crippen molar-refractivity contribution < 1.29 is 23.2 Å². The van der Waals surface area contributed by atoms with Crippen molar-refractivity contribution in [2.24, 2.45) is 0 Å². The molecule has 1 fully saturated rings. The van der Waals surface area contributed by atoms with E-state index in [-0.39, 0.29) is 14.3 Å². The zero-order chi connectivity index (χ0) is 15.9. The molecule has 2 heterocycles. The van der Waals surface area contributed by atoms with Gasteiger partial charge in [-0.25, -0.2) is 8.42 Å². The predicted octanol–water partition coefficient (Wildman–Crippen LogP) is 1.85. The molecule has 12 heteroatoms. The Morgan fingerprint density at radius 2 is 2.24 bits per heavy atom. The number of rotatable bonds is 4. The SMILES string of the molecule is CC1SCC(C(=O)O)N1S(=O)(=O)c1cc([N+](=O)[O-])c(Cl)s1. The summed E-state index contributed by atoms with van der Waals surface area (Å²) in [5, 5.41) is 19.3. The van der Waals surface area contributed by atoms with Crippen molar-refractivity contribution in [3.63, 3.8) is 0 Å². The van der Waals surface area contributed by atoms with Gasteiger partial charge in [0.1, 0.15) is 10.3 Å². The Labute approximate surface area is 132 Å². The summed E-state index contributed by atoms with van der Waals surface area (Å²) in [5.41, 5.74) is -0.508. The first-order valence-electron chi connectivity index (χ1n) is 5.48. The van der Waals surface area contributed by atoms with Crippen LogP contribution in [0.15, 0.2) is 10.3 Å². The van der Waals surface area contributed by atoms with E-state index in [1.165, 1.54) is 11.8 Å². The van der Waals surface area contributed by atoms with Crippen LogP contribution >= 0.6 is 34.7 Å². The molecule has 8 nitrogen and oxygen atoms in total. The molecule has 2 rings (SSSR count). The van der Waals surface area contributed by atoms with Gasteiger partial charge in [-0.2, -0.15) is 4.31 Å². The molecule has 0 aliphatic carbocycles. The fourth-order valence-electron chi connectivity index (χ4n) is 1.87. The fraction of sp³-hybridized carbons (Fsp3) is 0.444. The van der Waals surface area contributed by atoms with E-state index >= 15 is 0 Å². The first kappa shape index (κ1) is 16.5. The zero-order valence-electron chi connectivity index (χ0n) is 10.4. The maximum absolute atomic E-state index is 12.5. The summed E-state index contributed by atoms with van der Waals surface area (Å²) in [7, 11) is -4.16. The average molecular weight is 373 g/mol. The number of carboxylic acids is 1. The van der Waals surface area contributed by atoms with Crippen LogP contribution < -0.4 is 0 Å². The van der Waals surface area contributed by atoms with Gasteiger partial charge in [0.25, 0.3) is 15.7 Å². The second-order valence-electron chi connectivity index (χ2n) is 4.10. The molecule has 0 amide bonds. The minimum Gasteiger partial charge on any atom is -0.480 e. The highest BCUT2D eigenvalue weighted by molar-refractivity contribution is 8.01. The Balaban J connectivity index is 2.48. The number of nitro groups is 1. The van der Waals surface area contributed by atoms with E-state index in [1.807, 2.05) is 0 Å². The average Bonchev–Trinajstić information content (AvgIpc) is 2.93. The van der Waals surface area contributed by atoms with Crippen molar-refractivity contribution >= 4 is 56.4 Å². The minimum atomic E-state index is -4.16. The molecule has 1 aromatic heterocycles. The van der Waals surface area contributed by atoms with Crippen LogP contribution in [0.2, 0.25) is 4.34 Å². The molecule has 21 heavy (non-hydrogen) atoms. The van der Waals surface area contributed by atoms with E-state index in [4.69, 9.17) is 16.7 Å². The van der Waals surface area contributed by atoms with E-state index < -0.39 is 38.0 Å². The largest absolute Gasteiger partial charge is 0.480 e. The number of thiophene rings is 1. The van der Waals surface area contributed by atoms with Crippen LogP contribution in [-0.4, -0.2) is 45.9 Å². The number of hydrogen-bond acceptors (Lipinski definition) is 7. The van der Waals surface area contributed by atoms with Crippen molar-refractivity contribution in [2.75, 3.05) is 5.75 Å². The summed E-state index contributed by atoms with van der Waals surface area (Å²) >= 11 is 7.39. The number of nitrogens with zero attached hydrogens (tertiary/aromatic N) is 2. The highest BCUT2D eigenvalue weighted by Gasteiger charge is 2.45. The molecule has 0 spiro atoms. The third-order valence-electron chi connectivity index (χ3n) is 2.82. The van der Waals surface area contributed by atoms with Crippen molar-refractivity contribution in [3.05, 3.63) is 20.5 Å². The Kier molecular flexibility index (Phi) is 4.49. The molecule has 0 saturated carbocycles. The van der Waals surface area contributed by atoms with Gasteiger partial charge >= 0.3 is 5.97 Å². The van der Waals surface area contributed by atoms with Crippen LogP contribution in [0.4, 0.5) is 5.69 Å². The normalized spacial score (nSPS) is 23.3. The van der Waals surface area contributed by atoms with E-state index in [1.54, 1.807) is 6.92 Å². The summed E-state index contributed by atoms with van der Waals surface area (Å²) in [4.78, 5) is 21.1. The van der Waals surface area contributed by atoms with Gasteiger partial charge in [0.15, 0.2) is 4.34 Å². The molecule has 1 saturated heterocycles. The molecular formula is C9H9ClN2O6S3. The lowest BCUT2D eigenvalue weighted by Gasteiger charge is -2.23. The van der Waals surface area contributed by atoms with Crippen molar-refractivity contribution in [3.8, 4) is 0 Å². The van der Waals surface area contributed by atoms with Crippen LogP contribution in [0.25, 0.3) is 0 Å². The maximum atomic E-state index is 12.5. The van der Waals surface area contributed by atoms with Gasteiger partial charge in [-0.3, -0.25) is 14.9 Å². The van der Waals surface area contributed by atoms with E-state index in [2.05, 4.69) is 0 Å². The van der Waals surface area contributed by atoms with Gasteiger partial charge in [-0.15, -0.1) is 23.1 Å². The lowest BCUT2D eigenvalue weighted by molar-refractivity contribution is -0.384. The first-order valence-corrected chi connectivity index (χ1v) is 9.16. The highest BCUT2D eigenvalue weighted by atomic mass is 35.5. The van der Waals surface area contributed by atoms with Crippen LogP contribution in [0.5, 0.6) is 0 Å². The molecule has 116 valence electrons. The van der Waals surface area contributed by atoms with Crippen LogP contribution in [0.3, 0.4) is 0 Å². The molecule has 1 aliphatic rings. The standard InChI is InChI=1S/C9H9ClN2O6S3/c1-4-11(6(3-19-4)9(13)14)21(17,18)7-2-5(12(15)16)8(10)20-7/h2,4,6H,3H2,1H3,(H,13,14). The second kappa shape index (κ2) is 5.72. The fourth-order valence-corrected chi connectivity index (χ4v) is 6.93. The number of sulfonamides is 1. The summed E-state index contributed by atoms with van der Waals surface area (Å²) < 4.78 is 25.3. The molecule has 1 N–H and O–H groups in total. The number of halogens is 1. The Bertz CT molecular complexity index is 702. The first-order chi connectivity index (χ1) is 9.66. The quantitative estimate of drug-likeness (QED) is 0.632. The Hall–Kier alpha value is -0.880. The van der Waals surface area contributed by atoms with Crippen molar-refractivity contribution in [1.82, 2.24) is 4.31 Å². The third kappa shape index (κ3) is 2.88. The predicted molar refractivity (Wildman–Crippen MR) is 78.4 cm³/mol. The van der Waals surface area contributed by atoms with E-state index in [0.717, 1.165) is 10.4 Å². The molecule has 0 bridgehead atoms. The monoisotopic (exact) mass is 372 g/mol. The molecule has 2 unspecified atom stereocenters. The number of carboxylic acid groups (broad SMARTS) is 1. The molecule has 1 aliphatic heterocycles. The lowest BCUT2D eigenvalue weighted by Crippen LogP contribution is -2.44. The van der Waals surface area contributed by atoms with Gasteiger partial charge in [-0.1, -0.05) is 11.6 Å². The number of hydrogen-bond donors (Lipinski definition) is 1. The van der Waals surface area contributed by atoms with Gasteiger partial charge < -0.3 is 5.11 Å². The van der Waals surface area contributed by atoms with Gasteiger partial charge in [0.2, 0.25) is 0 Å². The number of aliphatic carboxylic acids is 1. The second-order valence-corrected chi connectivity index (χ2v) is 9.18. The number of thioether (sulfide) groups is 1. The van der Waals surface area contributed by atoms with Crippen LogP contribution in [-0.2, 0) is 14.8 Å². The van der Waals surface area contributed by atoms with Crippen molar-refractivity contribution in [2.45, 2.75) is 22.5 Å². The van der Waals surface area contributed by atoms with Crippen molar-refractivity contribution in [1.29, 1.82) is 0 Å². The summed E-state index contributed by atoms with van der Waals surface area (Å²) in [6.07, 6.45) is 0. The molecule has 1 aromatic rings. The Morgan fingerprint density at radius 1 is 1.62 bits per heavy atom.